The summed E-state index contributed by atoms with van der Waals surface area (Å²) in [5.74, 6) is 6.38. The molecule has 0 spiro atoms. The van der Waals surface area contributed by atoms with Crippen LogP contribution in [0.15, 0.2) is 102 Å². The molecule has 0 radical (unpaired) electrons. The van der Waals surface area contributed by atoms with Crippen molar-refractivity contribution in [3.8, 4) is 17.5 Å². The molecular formula is C33H24N8O2. The van der Waals surface area contributed by atoms with Gasteiger partial charge in [0.2, 0.25) is 0 Å². The van der Waals surface area contributed by atoms with Crippen LogP contribution >= 0.6 is 0 Å². The fourth-order valence-electron chi connectivity index (χ4n) is 5.23. The molecule has 0 aliphatic rings. The third-order valence-electron chi connectivity index (χ3n) is 7.23. The van der Waals surface area contributed by atoms with Crippen molar-refractivity contribution in [2.24, 2.45) is 0 Å². The number of carbonyl (C=O) groups excluding carboxylic acids is 1. The van der Waals surface area contributed by atoms with E-state index in [4.69, 9.17) is 4.98 Å². The SMILES string of the molecule is Cc1nn2cccnc2c1C(=O)NC(C)c1nc2cccc(C#Cc3cnn4ccccc34)c2c(=O)n1-c1ccccc1. The van der Waals surface area contributed by atoms with Crippen LogP contribution in [0.3, 0.4) is 0 Å². The highest BCUT2D eigenvalue weighted by Gasteiger charge is 2.24. The number of aryl methyl sites for hydroxylation is 1. The predicted molar refractivity (Wildman–Crippen MR) is 162 cm³/mol. The molecule has 43 heavy (non-hydrogen) atoms. The molecule has 208 valence electrons. The fraction of sp³-hybridized carbons (Fsp3) is 0.0909. The predicted octanol–water partition coefficient (Wildman–Crippen LogP) is 4.28. The maximum absolute atomic E-state index is 14.3. The molecule has 0 saturated heterocycles. The van der Waals surface area contributed by atoms with Gasteiger partial charge >= 0.3 is 0 Å². The Morgan fingerprint density at radius 2 is 1.70 bits per heavy atom. The molecule has 2 aromatic carbocycles. The van der Waals surface area contributed by atoms with Crippen LogP contribution in [-0.2, 0) is 0 Å². The van der Waals surface area contributed by atoms with Crippen LogP contribution in [0.1, 0.15) is 46.0 Å². The number of nitrogens with one attached hydrogen (secondary N) is 1. The second-order valence-corrected chi connectivity index (χ2v) is 10.0. The first-order valence-electron chi connectivity index (χ1n) is 13.7. The summed E-state index contributed by atoms with van der Waals surface area (Å²) in [6.45, 7) is 3.56. The Kier molecular flexibility index (Phi) is 6.25. The van der Waals surface area contributed by atoms with E-state index in [1.165, 1.54) is 4.57 Å². The maximum atomic E-state index is 14.3. The van der Waals surface area contributed by atoms with E-state index in [1.54, 1.807) is 53.6 Å². The van der Waals surface area contributed by atoms with Crippen molar-refractivity contribution in [3.63, 3.8) is 0 Å². The van der Waals surface area contributed by atoms with E-state index in [0.717, 1.165) is 11.1 Å². The molecule has 0 aliphatic carbocycles. The number of carbonyl (C=O) groups is 1. The Bertz CT molecular complexity index is 2300. The van der Waals surface area contributed by atoms with E-state index in [9.17, 15) is 9.59 Å². The molecule has 5 aromatic heterocycles. The second-order valence-electron chi connectivity index (χ2n) is 10.0. The van der Waals surface area contributed by atoms with Crippen molar-refractivity contribution < 1.29 is 4.79 Å². The molecule has 1 atom stereocenters. The monoisotopic (exact) mass is 564 g/mol. The van der Waals surface area contributed by atoms with Gasteiger partial charge in [0, 0.05) is 24.2 Å². The zero-order valence-corrected chi connectivity index (χ0v) is 23.3. The van der Waals surface area contributed by atoms with Crippen LogP contribution in [0.2, 0.25) is 0 Å². The number of hydrogen-bond donors (Lipinski definition) is 1. The maximum Gasteiger partial charge on any atom is 0.267 e. The van der Waals surface area contributed by atoms with E-state index < -0.39 is 6.04 Å². The minimum absolute atomic E-state index is 0.286. The minimum Gasteiger partial charge on any atom is -0.342 e. The molecule has 1 unspecified atom stereocenters. The van der Waals surface area contributed by atoms with Crippen LogP contribution in [0.4, 0.5) is 0 Å². The van der Waals surface area contributed by atoms with Gasteiger partial charge in [0.05, 0.1) is 45.6 Å². The summed E-state index contributed by atoms with van der Waals surface area (Å²) in [4.78, 5) is 37.1. The Labute approximate surface area is 245 Å². The molecule has 0 fully saturated rings. The average Bonchev–Trinajstić information content (AvgIpc) is 3.60. The lowest BCUT2D eigenvalue weighted by Crippen LogP contribution is -2.33. The van der Waals surface area contributed by atoms with Gasteiger partial charge < -0.3 is 5.32 Å². The Morgan fingerprint density at radius 1 is 0.907 bits per heavy atom. The lowest BCUT2D eigenvalue weighted by molar-refractivity contribution is 0.0938. The summed E-state index contributed by atoms with van der Waals surface area (Å²) in [5, 5.41) is 12.2. The third kappa shape index (κ3) is 4.49. The lowest BCUT2D eigenvalue weighted by atomic mass is 10.1. The molecule has 7 rings (SSSR count). The number of fused-ring (bicyclic) bond motifs is 3. The van der Waals surface area contributed by atoms with E-state index in [-0.39, 0.29) is 11.5 Å². The van der Waals surface area contributed by atoms with Gasteiger partial charge in [-0.2, -0.15) is 10.2 Å². The summed E-state index contributed by atoms with van der Waals surface area (Å²) < 4.78 is 4.86. The normalized spacial score (nSPS) is 11.9. The topological polar surface area (TPSA) is 111 Å². The Hall–Kier alpha value is -6.08. The van der Waals surface area contributed by atoms with Crippen molar-refractivity contribution in [2.75, 3.05) is 0 Å². The molecule has 0 saturated carbocycles. The number of nitrogens with zero attached hydrogens (tertiary/aromatic N) is 7. The summed E-state index contributed by atoms with van der Waals surface area (Å²) in [6, 6.07) is 21.5. The van der Waals surface area contributed by atoms with Gasteiger partial charge in [-0.3, -0.25) is 14.2 Å². The second kappa shape index (κ2) is 10.4. The van der Waals surface area contributed by atoms with E-state index >= 15 is 0 Å². The van der Waals surface area contributed by atoms with Crippen LogP contribution in [0.5, 0.6) is 0 Å². The number of pyridine rings is 1. The van der Waals surface area contributed by atoms with Crippen LogP contribution < -0.4 is 10.9 Å². The first-order chi connectivity index (χ1) is 21.0. The van der Waals surface area contributed by atoms with Crippen molar-refractivity contribution >= 4 is 28.0 Å². The molecule has 1 amide bonds. The zero-order chi connectivity index (χ0) is 29.5. The molecule has 7 aromatic rings. The van der Waals surface area contributed by atoms with E-state index in [1.807, 2.05) is 66.9 Å². The molecule has 0 bridgehead atoms. The molecule has 5 heterocycles. The van der Waals surface area contributed by atoms with Crippen LogP contribution in [0, 0.1) is 18.8 Å². The minimum atomic E-state index is -0.642. The summed E-state index contributed by atoms with van der Waals surface area (Å²) in [5.41, 5.74) is 4.35. The van der Waals surface area contributed by atoms with Gasteiger partial charge in [-0.15, -0.1) is 0 Å². The van der Waals surface area contributed by atoms with E-state index in [2.05, 4.69) is 32.3 Å². The lowest BCUT2D eigenvalue weighted by Gasteiger charge is -2.20. The molecule has 1 N–H and O–H groups in total. The number of hydrogen-bond acceptors (Lipinski definition) is 6. The molecule has 10 nitrogen and oxygen atoms in total. The summed E-state index contributed by atoms with van der Waals surface area (Å²) in [6.07, 6.45) is 6.92. The highest BCUT2D eigenvalue weighted by molar-refractivity contribution is 6.01. The highest BCUT2D eigenvalue weighted by atomic mass is 16.2. The Morgan fingerprint density at radius 3 is 2.56 bits per heavy atom. The van der Waals surface area contributed by atoms with Gasteiger partial charge in [-0.1, -0.05) is 42.2 Å². The first-order valence-corrected chi connectivity index (χ1v) is 13.7. The zero-order valence-electron chi connectivity index (χ0n) is 23.3. The number of rotatable bonds is 4. The van der Waals surface area contributed by atoms with Crippen molar-refractivity contribution in [2.45, 2.75) is 19.9 Å². The van der Waals surface area contributed by atoms with Gasteiger partial charge in [0.1, 0.15) is 11.4 Å². The average molecular weight is 565 g/mol. The Balaban J connectivity index is 1.35. The fourth-order valence-corrected chi connectivity index (χ4v) is 5.23. The van der Waals surface area contributed by atoms with Gasteiger partial charge in [-0.05, 0) is 56.3 Å². The summed E-state index contributed by atoms with van der Waals surface area (Å²) >= 11 is 0. The first kappa shape index (κ1) is 25.9. The van der Waals surface area contributed by atoms with Crippen molar-refractivity contribution in [3.05, 3.63) is 136 Å². The smallest absolute Gasteiger partial charge is 0.267 e. The number of para-hydroxylation sites is 1. The highest BCUT2D eigenvalue weighted by Crippen LogP contribution is 2.22. The molecular weight excluding hydrogens is 540 g/mol. The number of benzene rings is 2. The van der Waals surface area contributed by atoms with Gasteiger partial charge in [0.15, 0.2) is 5.65 Å². The third-order valence-corrected chi connectivity index (χ3v) is 7.23. The standard InChI is InChI=1S/C33H24N8O2/c1-21-28(31-34-17-9-19-40(31)38-21)32(42)36-22(2)30-37-26-13-8-10-23(15-16-24-20-35-39-18-7-6-14-27(24)39)29(26)33(43)41(30)25-11-4-3-5-12-25/h3-14,17-20,22H,1-2H3,(H,36,42). The molecule has 10 heteroatoms. The largest absolute Gasteiger partial charge is 0.342 e. The quantitative estimate of drug-likeness (QED) is 0.320. The van der Waals surface area contributed by atoms with Crippen LogP contribution in [0.25, 0.3) is 27.8 Å². The summed E-state index contributed by atoms with van der Waals surface area (Å²) in [7, 11) is 0. The van der Waals surface area contributed by atoms with Crippen LogP contribution in [-0.4, -0.2) is 39.7 Å². The van der Waals surface area contributed by atoms with E-state index in [0.29, 0.717) is 44.9 Å². The number of aromatic nitrogens is 7. The van der Waals surface area contributed by atoms with Gasteiger partial charge in [0.25, 0.3) is 11.5 Å². The molecule has 0 aliphatic heterocycles. The number of amides is 1. The van der Waals surface area contributed by atoms with Crippen molar-refractivity contribution in [1.82, 2.24) is 39.1 Å². The van der Waals surface area contributed by atoms with Crippen molar-refractivity contribution in [1.29, 1.82) is 0 Å². The van der Waals surface area contributed by atoms with Gasteiger partial charge in [-0.25, -0.2) is 19.0 Å².